The summed E-state index contributed by atoms with van der Waals surface area (Å²) in [6.45, 7) is 13.9. The highest BCUT2D eigenvalue weighted by molar-refractivity contribution is 7.92. The number of H-pyrrole nitrogens is 1. The second-order valence-electron chi connectivity index (χ2n) is 22.0. The third kappa shape index (κ3) is 12.2. The molecule has 412 valence electrons. The van der Waals surface area contributed by atoms with Gasteiger partial charge in [-0.15, -0.1) is 0 Å². The first-order valence-corrected chi connectivity index (χ1v) is 28.6. The number of nitrogens with zero attached hydrogens (tertiary/aromatic N) is 8. The monoisotopic (exact) mass is 1070 g/mol. The van der Waals surface area contributed by atoms with Crippen LogP contribution in [0.1, 0.15) is 118 Å². The van der Waals surface area contributed by atoms with E-state index in [1.165, 1.54) is 24.3 Å². The van der Waals surface area contributed by atoms with Crippen LogP contribution in [-0.4, -0.2) is 154 Å². The number of hydrogen-bond donors (Lipinski definition) is 6. The van der Waals surface area contributed by atoms with Gasteiger partial charge in [-0.25, -0.2) is 28.4 Å². The van der Waals surface area contributed by atoms with Crippen LogP contribution in [0.4, 0.5) is 17.6 Å². The summed E-state index contributed by atoms with van der Waals surface area (Å²) in [6.07, 6.45) is 11.8. The maximum atomic E-state index is 14.8. The van der Waals surface area contributed by atoms with E-state index in [0.29, 0.717) is 61.2 Å². The molecule has 2 aromatic carbocycles. The van der Waals surface area contributed by atoms with Gasteiger partial charge in [-0.2, -0.15) is 5.10 Å². The maximum Gasteiger partial charge on any atom is 0.254 e. The van der Waals surface area contributed by atoms with Crippen LogP contribution in [0, 0.1) is 19.8 Å². The highest BCUT2D eigenvalue weighted by atomic mass is 32.2. The van der Waals surface area contributed by atoms with Gasteiger partial charge in [0.1, 0.15) is 41.5 Å². The van der Waals surface area contributed by atoms with Gasteiger partial charge in [0.05, 0.1) is 27.9 Å². The predicted octanol–water partition coefficient (Wildman–Crippen LogP) is 4.84. The molecule has 6 N–H and O–H groups in total. The Kier molecular flexibility index (Phi) is 16.7. The Morgan fingerprint density at radius 2 is 1.64 bits per heavy atom. The number of sulfone groups is 1. The SMILES string of the molecule is CN[C@@H](C)C(=O)NC(C(=O)N1C[C@@H](NC(=O)c2cnc(N3CCN(CCOc4cc5ncnc(Nc6n[nH]c(C)c6C)c5cc4S(=O)(=O)C(C)(C)C)CC3)nc2)C[C@H]1C(=O)N[C@@H]1CCCc2ccccc21)C1CCCCC1. The van der Waals surface area contributed by atoms with Crippen LogP contribution in [0.25, 0.3) is 10.9 Å². The second-order valence-corrected chi connectivity index (χ2v) is 24.7. The number of carbonyl (C=O) groups is 4. The number of aromatic amines is 1. The third-order valence-corrected chi connectivity index (χ3v) is 18.4. The van der Waals surface area contributed by atoms with Crippen molar-refractivity contribution in [3.63, 3.8) is 0 Å². The summed E-state index contributed by atoms with van der Waals surface area (Å²) in [5, 5.41) is 23.4. The van der Waals surface area contributed by atoms with Crippen molar-refractivity contribution in [3.05, 3.63) is 83.1 Å². The molecule has 0 radical (unpaired) electrons. The second kappa shape index (κ2) is 23.4. The summed E-state index contributed by atoms with van der Waals surface area (Å²) in [7, 11) is -2.17. The van der Waals surface area contributed by atoms with Gasteiger partial charge in [0, 0.05) is 80.4 Å². The van der Waals surface area contributed by atoms with Crippen molar-refractivity contribution in [3.8, 4) is 5.75 Å². The van der Waals surface area contributed by atoms with Crippen LogP contribution < -0.4 is 36.2 Å². The molecular weight excluding hydrogens is 1000 g/mol. The Bertz CT molecular complexity index is 3060. The zero-order chi connectivity index (χ0) is 54.6. The molecule has 0 spiro atoms. The molecule has 9 rings (SSSR count). The lowest BCUT2D eigenvalue weighted by Crippen LogP contribution is -2.58. The predicted molar refractivity (Wildman–Crippen MR) is 293 cm³/mol. The maximum absolute atomic E-state index is 14.8. The molecular formula is C55H74N14O7S. The Hall–Kier alpha value is -6.78. The number of fused-ring (bicyclic) bond motifs is 2. The Labute approximate surface area is 450 Å². The highest BCUT2D eigenvalue weighted by Gasteiger charge is 2.45. The first kappa shape index (κ1) is 55.0. The molecule has 77 heavy (non-hydrogen) atoms. The number of hydrogen-bond acceptors (Lipinski definition) is 16. The van der Waals surface area contributed by atoms with Crippen LogP contribution in [0.3, 0.4) is 0 Å². The Morgan fingerprint density at radius 1 is 0.896 bits per heavy atom. The summed E-state index contributed by atoms with van der Waals surface area (Å²) < 4.78 is 33.3. The molecule has 2 aliphatic heterocycles. The first-order valence-electron chi connectivity index (χ1n) is 27.1. The average molecular weight is 1080 g/mol. The van der Waals surface area contributed by atoms with Crippen molar-refractivity contribution in [2.45, 2.75) is 139 Å². The van der Waals surface area contributed by atoms with Gasteiger partial charge >= 0.3 is 0 Å². The smallest absolute Gasteiger partial charge is 0.254 e. The van der Waals surface area contributed by atoms with E-state index in [-0.39, 0.29) is 65.5 Å². The normalized spacial score (nSPS) is 20.3. The Morgan fingerprint density at radius 3 is 2.34 bits per heavy atom. The number of aryl methyl sites for hydroxylation is 2. The molecule has 0 bridgehead atoms. The van der Waals surface area contributed by atoms with Crippen LogP contribution in [0.5, 0.6) is 5.75 Å². The number of amides is 4. The highest BCUT2D eigenvalue weighted by Crippen LogP contribution is 2.38. The quantitative estimate of drug-likeness (QED) is 0.0728. The van der Waals surface area contributed by atoms with E-state index in [2.05, 4.69) is 67.7 Å². The molecule has 21 nitrogen and oxygen atoms in total. The summed E-state index contributed by atoms with van der Waals surface area (Å²) in [6, 6.07) is 8.40. The van der Waals surface area contributed by atoms with Gasteiger partial charge in [0.15, 0.2) is 15.7 Å². The molecule has 3 fully saturated rings. The fourth-order valence-corrected chi connectivity index (χ4v) is 12.2. The number of piperazine rings is 1. The van der Waals surface area contributed by atoms with E-state index in [0.717, 1.165) is 68.2 Å². The van der Waals surface area contributed by atoms with Gasteiger partial charge in [-0.1, -0.05) is 43.5 Å². The van der Waals surface area contributed by atoms with E-state index >= 15 is 0 Å². The molecule has 1 saturated carbocycles. The number of carbonyl (C=O) groups excluding carboxylic acids is 4. The minimum atomic E-state index is -3.87. The summed E-state index contributed by atoms with van der Waals surface area (Å²) in [5.41, 5.74) is 4.85. The van der Waals surface area contributed by atoms with Crippen molar-refractivity contribution in [1.82, 2.24) is 61.2 Å². The first-order chi connectivity index (χ1) is 36.9. The molecule has 4 aliphatic rings. The fraction of sp³-hybridized carbons (Fsp3) is 0.545. The summed E-state index contributed by atoms with van der Waals surface area (Å²) in [5.74, 6) is 0.325. The van der Waals surface area contributed by atoms with Gasteiger partial charge in [0.2, 0.25) is 23.7 Å². The molecule has 2 aliphatic carbocycles. The van der Waals surface area contributed by atoms with E-state index in [1.807, 2.05) is 36.9 Å². The van der Waals surface area contributed by atoms with Crippen molar-refractivity contribution in [2.24, 2.45) is 5.92 Å². The number of aromatic nitrogens is 6. The number of ether oxygens (including phenoxy) is 1. The molecule has 4 amide bonds. The largest absolute Gasteiger partial charge is 0.491 e. The van der Waals surface area contributed by atoms with Gasteiger partial charge in [-0.05, 0) is 110 Å². The standard InChI is InChI=1S/C55H74N14O7S/c1-33-34(2)65-66-48(33)64-49-41-27-46(77(74,75)55(4,5)6)45(28-43(41)59-32-60-49)76-25-24-67-20-22-68(23-21-67)54-57-29-38(30-58-54)51(71)61-39-26-44(52(72)62-42-19-13-17-36-14-11-12-18-40(36)42)69(31-39)53(73)47(37-15-9-8-10-16-37)63-50(70)35(3)56-7/h11-12,14,18,27-30,32,35,37,39,42,44,47,56H,8-10,13,15-17,19-26,31H2,1-7H3,(H,61,71)(H,62,72)(H,63,70)(H2,59,60,64,65,66)/t35-,39-,42+,44-,47?/m0/s1. The minimum absolute atomic E-state index is 0.0539. The third-order valence-electron chi connectivity index (χ3n) is 15.9. The molecule has 5 heterocycles. The lowest BCUT2D eigenvalue weighted by atomic mass is 9.83. The van der Waals surface area contributed by atoms with E-state index in [4.69, 9.17) is 4.74 Å². The van der Waals surface area contributed by atoms with Gasteiger partial charge in [0.25, 0.3) is 5.91 Å². The number of anilines is 3. The topological polar surface area (TPSA) is 262 Å². The molecule has 1 unspecified atom stereocenters. The van der Waals surface area contributed by atoms with Crippen molar-refractivity contribution >= 4 is 62.0 Å². The number of likely N-dealkylation sites (tertiary alicyclic amines) is 1. The summed E-state index contributed by atoms with van der Waals surface area (Å²) in [4.78, 5) is 80.5. The van der Waals surface area contributed by atoms with E-state index in [1.54, 1.807) is 51.8 Å². The van der Waals surface area contributed by atoms with Gasteiger partial charge < -0.3 is 41.1 Å². The lowest BCUT2D eigenvalue weighted by molar-refractivity contribution is -0.143. The fourth-order valence-electron chi connectivity index (χ4n) is 10.9. The van der Waals surface area contributed by atoms with Crippen LogP contribution in [0.15, 0.2) is 60.0 Å². The number of nitrogens with one attached hydrogen (secondary N) is 6. The van der Waals surface area contributed by atoms with Crippen molar-refractivity contribution in [1.29, 1.82) is 0 Å². The number of rotatable bonds is 17. The molecule has 22 heteroatoms. The van der Waals surface area contributed by atoms with E-state index < -0.39 is 44.7 Å². The van der Waals surface area contributed by atoms with E-state index in [9.17, 15) is 27.6 Å². The molecule has 5 aromatic rings. The molecule has 2 saturated heterocycles. The minimum Gasteiger partial charge on any atom is -0.491 e. The zero-order valence-electron chi connectivity index (χ0n) is 45.3. The van der Waals surface area contributed by atoms with Gasteiger partial charge in [-0.3, -0.25) is 29.2 Å². The lowest BCUT2D eigenvalue weighted by Gasteiger charge is -2.35. The van der Waals surface area contributed by atoms with Crippen LogP contribution in [0.2, 0.25) is 0 Å². The Balaban J connectivity index is 0.829. The summed E-state index contributed by atoms with van der Waals surface area (Å²) >= 11 is 0. The molecule has 3 aromatic heterocycles. The number of benzene rings is 2. The van der Waals surface area contributed by atoms with Crippen LogP contribution >= 0.6 is 0 Å². The van der Waals surface area contributed by atoms with Crippen LogP contribution in [-0.2, 0) is 30.6 Å². The molecule has 5 atom stereocenters. The average Bonchev–Trinajstić information content (AvgIpc) is 4.01. The van der Waals surface area contributed by atoms with Crippen molar-refractivity contribution < 1.29 is 32.3 Å². The van der Waals surface area contributed by atoms with Crippen molar-refractivity contribution in [2.75, 3.05) is 63.1 Å². The zero-order valence-corrected chi connectivity index (χ0v) is 46.1. The number of likely N-dealkylation sites (N-methyl/N-ethyl adjacent to an activating group) is 1.